The quantitative estimate of drug-likeness (QED) is 0.925. The molecule has 1 unspecified atom stereocenters. The zero-order valence-electron chi connectivity index (χ0n) is 11.4. The fourth-order valence-electron chi connectivity index (χ4n) is 2.86. The molecule has 0 aromatic heterocycles. The number of halogens is 1. The van der Waals surface area contributed by atoms with E-state index in [1.165, 1.54) is 24.8 Å². The summed E-state index contributed by atoms with van der Waals surface area (Å²) < 4.78 is 7.06. The third-order valence-electron chi connectivity index (χ3n) is 3.99. The molecule has 1 aromatic rings. The van der Waals surface area contributed by atoms with Crippen LogP contribution in [0.1, 0.15) is 30.9 Å². The Morgan fingerprint density at radius 3 is 2.79 bits per heavy atom. The van der Waals surface area contributed by atoms with Crippen LogP contribution in [0.2, 0.25) is 0 Å². The van der Waals surface area contributed by atoms with Gasteiger partial charge in [0.25, 0.3) is 0 Å². The molecule has 0 bridgehead atoms. The number of likely N-dealkylation sites (N-methyl/N-ethyl adjacent to an activating group) is 1. The molecule has 3 nitrogen and oxygen atoms in total. The third-order valence-corrected chi connectivity index (χ3v) is 4.61. The van der Waals surface area contributed by atoms with Gasteiger partial charge in [0.2, 0.25) is 0 Å². The molecule has 3 rings (SSSR count). The lowest BCUT2D eigenvalue weighted by molar-refractivity contribution is 0.0383. The second-order valence-electron chi connectivity index (χ2n) is 5.65. The van der Waals surface area contributed by atoms with Gasteiger partial charge in [0.1, 0.15) is 11.9 Å². The molecule has 2 fully saturated rings. The SMILES string of the molecule is CN1CC(Oc2ccc(C3CCCCN3)cc2Br)C1. The van der Waals surface area contributed by atoms with Crippen LogP contribution in [-0.4, -0.2) is 37.7 Å². The van der Waals surface area contributed by atoms with Gasteiger partial charge < -0.3 is 10.1 Å². The van der Waals surface area contributed by atoms with Gasteiger partial charge in [-0.05, 0) is 60.1 Å². The summed E-state index contributed by atoms with van der Waals surface area (Å²) in [6.45, 7) is 3.19. The Bertz CT molecular complexity index is 440. The van der Waals surface area contributed by atoms with Gasteiger partial charge in [0.05, 0.1) is 4.47 Å². The van der Waals surface area contributed by atoms with Crippen molar-refractivity contribution in [3.8, 4) is 5.75 Å². The van der Waals surface area contributed by atoms with Crippen molar-refractivity contribution in [1.82, 2.24) is 10.2 Å². The molecular weight excluding hydrogens is 304 g/mol. The van der Waals surface area contributed by atoms with Crippen molar-refractivity contribution >= 4 is 15.9 Å². The summed E-state index contributed by atoms with van der Waals surface area (Å²) in [6.07, 6.45) is 4.20. The van der Waals surface area contributed by atoms with E-state index in [1.807, 2.05) is 0 Å². The standard InChI is InChI=1S/C15H21BrN2O/c1-18-9-12(10-18)19-15-6-5-11(8-13(15)16)14-4-2-3-7-17-14/h5-6,8,12,14,17H,2-4,7,9-10H2,1H3. The van der Waals surface area contributed by atoms with Crippen LogP contribution in [0.25, 0.3) is 0 Å². The van der Waals surface area contributed by atoms with E-state index in [9.17, 15) is 0 Å². The predicted molar refractivity (Wildman–Crippen MR) is 80.6 cm³/mol. The summed E-state index contributed by atoms with van der Waals surface area (Å²) >= 11 is 3.64. The number of nitrogens with one attached hydrogen (secondary N) is 1. The highest BCUT2D eigenvalue weighted by atomic mass is 79.9. The predicted octanol–water partition coefficient (Wildman–Crippen LogP) is 2.96. The van der Waals surface area contributed by atoms with Crippen LogP contribution in [0, 0.1) is 0 Å². The Labute approximate surface area is 123 Å². The molecule has 1 N–H and O–H groups in total. The number of hydrogen-bond donors (Lipinski definition) is 1. The zero-order chi connectivity index (χ0) is 13.2. The normalized spacial score (nSPS) is 25.1. The third kappa shape index (κ3) is 3.12. The van der Waals surface area contributed by atoms with Crippen molar-refractivity contribution in [3.05, 3.63) is 28.2 Å². The van der Waals surface area contributed by atoms with Crippen LogP contribution in [0.3, 0.4) is 0 Å². The summed E-state index contributed by atoms with van der Waals surface area (Å²) in [5, 5.41) is 3.58. The molecule has 0 amide bonds. The molecule has 2 heterocycles. The number of hydrogen-bond acceptors (Lipinski definition) is 3. The highest BCUT2D eigenvalue weighted by Crippen LogP contribution is 2.32. The van der Waals surface area contributed by atoms with Crippen molar-refractivity contribution in [2.45, 2.75) is 31.4 Å². The Morgan fingerprint density at radius 1 is 1.32 bits per heavy atom. The second-order valence-corrected chi connectivity index (χ2v) is 6.51. The van der Waals surface area contributed by atoms with E-state index in [4.69, 9.17) is 4.74 Å². The average molecular weight is 325 g/mol. The van der Waals surface area contributed by atoms with E-state index in [0.717, 1.165) is 29.9 Å². The highest BCUT2D eigenvalue weighted by molar-refractivity contribution is 9.10. The first kappa shape index (κ1) is 13.4. The van der Waals surface area contributed by atoms with Gasteiger partial charge in [-0.15, -0.1) is 0 Å². The maximum absolute atomic E-state index is 5.98. The van der Waals surface area contributed by atoms with Crippen LogP contribution in [0.15, 0.2) is 22.7 Å². The highest BCUT2D eigenvalue weighted by Gasteiger charge is 2.25. The van der Waals surface area contributed by atoms with Crippen LogP contribution >= 0.6 is 15.9 Å². The number of likely N-dealkylation sites (tertiary alicyclic amines) is 1. The van der Waals surface area contributed by atoms with E-state index < -0.39 is 0 Å². The topological polar surface area (TPSA) is 24.5 Å². The van der Waals surface area contributed by atoms with E-state index in [1.54, 1.807) is 0 Å². The Balaban J connectivity index is 1.66. The molecule has 1 atom stereocenters. The largest absolute Gasteiger partial charge is 0.487 e. The van der Waals surface area contributed by atoms with Crippen LogP contribution in [-0.2, 0) is 0 Å². The fraction of sp³-hybridized carbons (Fsp3) is 0.600. The molecule has 19 heavy (non-hydrogen) atoms. The molecular formula is C15H21BrN2O. The summed E-state index contributed by atoms with van der Waals surface area (Å²) in [6, 6.07) is 7.02. The first-order valence-electron chi connectivity index (χ1n) is 7.10. The first-order chi connectivity index (χ1) is 9.22. The lowest BCUT2D eigenvalue weighted by Crippen LogP contribution is -2.51. The molecule has 2 aliphatic heterocycles. The van der Waals surface area contributed by atoms with Crippen molar-refractivity contribution < 1.29 is 4.74 Å². The second kappa shape index (κ2) is 5.81. The van der Waals surface area contributed by atoms with Gasteiger partial charge in [0.15, 0.2) is 0 Å². The van der Waals surface area contributed by atoms with Gasteiger partial charge in [-0.1, -0.05) is 12.5 Å². The Morgan fingerprint density at radius 2 is 2.16 bits per heavy atom. The molecule has 4 heteroatoms. The van der Waals surface area contributed by atoms with Gasteiger partial charge in [0, 0.05) is 19.1 Å². The summed E-state index contributed by atoms with van der Waals surface area (Å²) in [7, 11) is 2.12. The van der Waals surface area contributed by atoms with Crippen molar-refractivity contribution in [1.29, 1.82) is 0 Å². The van der Waals surface area contributed by atoms with Gasteiger partial charge in [-0.2, -0.15) is 0 Å². The molecule has 104 valence electrons. The number of ether oxygens (including phenoxy) is 1. The van der Waals surface area contributed by atoms with Crippen molar-refractivity contribution in [2.24, 2.45) is 0 Å². The van der Waals surface area contributed by atoms with E-state index in [0.29, 0.717) is 12.1 Å². The van der Waals surface area contributed by atoms with Gasteiger partial charge in [-0.3, -0.25) is 4.90 Å². The Kier molecular flexibility index (Phi) is 4.10. The monoisotopic (exact) mass is 324 g/mol. The molecule has 0 spiro atoms. The number of rotatable bonds is 3. The van der Waals surface area contributed by atoms with Gasteiger partial charge >= 0.3 is 0 Å². The smallest absolute Gasteiger partial charge is 0.134 e. The van der Waals surface area contributed by atoms with Gasteiger partial charge in [-0.25, -0.2) is 0 Å². The van der Waals surface area contributed by atoms with E-state index in [-0.39, 0.29) is 0 Å². The van der Waals surface area contributed by atoms with Crippen LogP contribution in [0.5, 0.6) is 5.75 Å². The van der Waals surface area contributed by atoms with Crippen LogP contribution < -0.4 is 10.1 Å². The zero-order valence-corrected chi connectivity index (χ0v) is 12.9. The van der Waals surface area contributed by atoms with E-state index in [2.05, 4.69) is 51.4 Å². The van der Waals surface area contributed by atoms with Crippen molar-refractivity contribution in [2.75, 3.05) is 26.7 Å². The average Bonchev–Trinajstić information content (AvgIpc) is 2.40. The lowest BCUT2D eigenvalue weighted by Gasteiger charge is -2.36. The molecule has 0 aliphatic carbocycles. The van der Waals surface area contributed by atoms with Crippen molar-refractivity contribution in [3.63, 3.8) is 0 Å². The molecule has 0 saturated carbocycles. The molecule has 0 radical (unpaired) electrons. The Hall–Kier alpha value is -0.580. The fourth-order valence-corrected chi connectivity index (χ4v) is 3.35. The minimum absolute atomic E-state index is 0.347. The minimum atomic E-state index is 0.347. The summed E-state index contributed by atoms with van der Waals surface area (Å²) in [5.41, 5.74) is 1.37. The lowest BCUT2D eigenvalue weighted by atomic mass is 9.97. The minimum Gasteiger partial charge on any atom is -0.487 e. The summed E-state index contributed by atoms with van der Waals surface area (Å²) in [4.78, 5) is 2.26. The van der Waals surface area contributed by atoms with E-state index >= 15 is 0 Å². The van der Waals surface area contributed by atoms with Crippen LogP contribution in [0.4, 0.5) is 0 Å². The molecule has 1 aromatic carbocycles. The maximum atomic E-state index is 5.98. The molecule has 2 aliphatic rings. The molecule has 2 saturated heterocycles. The summed E-state index contributed by atoms with van der Waals surface area (Å²) in [5.74, 6) is 0.970. The number of benzene rings is 1. The first-order valence-corrected chi connectivity index (χ1v) is 7.90. The number of piperidine rings is 1. The maximum Gasteiger partial charge on any atom is 0.134 e. The number of nitrogens with zero attached hydrogens (tertiary/aromatic N) is 1.